The van der Waals surface area contributed by atoms with E-state index in [0.29, 0.717) is 0 Å². The lowest BCUT2D eigenvalue weighted by atomic mass is 10.0. The lowest BCUT2D eigenvalue weighted by Gasteiger charge is -2.30. The van der Waals surface area contributed by atoms with Crippen LogP contribution in [-0.2, 0) is 4.79 Å². The van der Waals surface area contributed by atoms with Crippen molar-refractivity contribution in [1.29, 1.82) is 0 Å². The number of benzene rings is 1. The Morgan fingerprint density at radius 2 is 2.00 bits per heavy atom. The van der Waals surface area contributed by atoms with E-state index in [9.17, 15) is 4.79 Å². The highest BCUT2D eigenvalue weighted by atomic mass is 79.9. The standard InChI is InChI=1S/C15H20BrNO2/c1-15(2,16)14(18)17-10-4-5-13(17)11-6-8-12(19-3)9-7-11/h6-9,13H,4-5,10H2,1-3H3. The topological polar surface area (TPSA) is 29.5 Å². The third kappa shape index (κ3) is 3.11. The number of halogens is 1. The molecule has 0 aromatic heterocycles. The average molecular weight is 326 g/mol. The van der Waals surface area contributed by atoms with Gasteiger partial charge < -0.3 is 9.64 Å². The predicted molar refractivity (Wildman–Crippen MR) is 79.7 cm³/mol. The van der Waals surface area contributed by atoms with Gasteiger partial charge >= 0.3 is 0 Å². The van der Waals surface area contributed by atoms with Gasteiger partial charge in [-0.15, -0.1) is 0 Å². The number of hydrogen-bond donors (Lipinski definition) is 0. The van der Waals surface area contributed by atoms with Crippen molar-refractivity contribution in [3.63, 3.8) is 0 Å². The van der Waals surface area contributed by atoms with Gasteiger partial charge in [-0.2, -0.15) is 0 Å². The molecule has 4 heteroatoms. The van der Waals surface area contributed by atoms with E-state index < -0.39 is 4.32 Å². The number of ether oxygens (including phenoxy) is 1. The Morgan fingerprint density at radius 1 is 1.37 bits per heavy atom. The third-order valence-electron chi connectivity index (χ3n) is 3.52. The van der Waals surface area contributed by atoms with E-state index in [0.717, 1.165) is 25.1 Å². The molecule has 3 nitrogen and oxygen atoms in total. The summed E-state index contributed by atoms with van der Waals surface area (Å²) in [6.07, 6.45) is 2.09. The monoisotopic (exact) mass is 325 g/mol. The van der Waals surface area contributed by atoms with Crippen LogP contribution in [0.15, 0.2) is 24.3 Å². The molecule has 0 radical (unpaired) electrons. The van der Waals surface area contributed by atoms with Crippen LogP contribution in [0.5, 0.6) is 5.75 Å². The Labute approximate surface area is 123 Å². The second kappa shape index (κ2) is 5.53. The summed E-state index contributed by atoms with van der Waals surface area (Å²) in [5, 5.41) is 0. The molecule has 1 aromatic rings. The molecule has 1 atom stereocenters. The summed E-state index contributed by atoms with van der Waals surface area (Å²) in [5.74, 6) is 1.01. The van der Waals surface area contributed by atoms with Crippen LogP contribution in [0.3, 0.4) is 0 Å². The number of likely N-dealkylation sites (tertiary alicyclic amines) is 1. The molecule has 104 valence electrons. The highest BCUT2D eigenvalue weighted by Gasteiger charge is 2.36. The minimum absolute atomic E-state index is 0.158. The number of hydrogen-bond acceptors (Lipinski definition) is 2. The number of methoxy groups -OCH3 is 1. The Kier molecular flexibility index (Phi) is 4.19. The normalized spacial score (nSPS) is 19.6. The molecule has 1 saturated heterocycles. The van der Waals surface area contributed by atoms with Crippen molar-refractivity contribution >= 4 is 21.8 Å². The first-order valence-corrected chi connectivity index (χ1v) is 7.36. The van der Waals surface area contributed by atoms with Crippen LogP contribution in [0.4, 0.5) is 0 Å². The summed E-state index contributed by atoms with van der Waals surface area (Å²) in [6, 6.07) is 8.20. The van der Waals surface area contributed by atoms with Crippen molar-refractivity contribution in [1.82, 2.24) is 4.90 Å². The van der Waals surface area contributed by atoms with E-state index in [4.69, 9.17) is 4.74 Å². The maximum Gasteiger partial charge on any atom is 0.239 e. The van der Waals surface area contributed by atoms with E-state index in [-0.39, 0.29) is 11.9 Å². The predicted octanol–water partition coefficient (Wildman–Crippen LogP) is 3.53. The first-order chi connectivity index (χ1) is 8.93. The molecule has 0 aliphatic carbocycles. The number of nitrogens with zero attached hydrogens (tertiary/aromatic N) is 1. The molecule has 1 fully saturated rings. The molecule has 0 bridgehead atoms. The van der Waals surface area contributed by atoms with Gasteiger partial charge in [0, 0.05) is 6.54 Å². The van der Waals surface area contributed by atoms with Crippen molar-refractivity contribution in [2.24, 2.45) is 0 Å². The maximum atomic E-state index is 12.4. The number of rotatable bonds is 3. The zero-order chi connectivity index (χ0) is 14.0. The van der Waals surface area contributed by atoms with Crippen LogP contribution >= 0.6 is 15.9 Å². The van der Waals surface area contributed by atoms with Crippen molar-refractivity contribution in [3.05, 3.63) is 29.8 Å². The minimum atomic E-state index is -0.498. The fourth-order valence-electron chi connectivity index (χ4n) is 2.52. The van der Waals surface area contributed by atoms with Crippen LogP contribution in [0.1, 0.15) is 38.3 Å². The summed E-state index contributed by atoms with van der Waals surface area (Å²) in [5.41, 5.74) is 1.18. The molecule has 1 aliphatic heterocycles. The Balaban J connectivity index is 2.20. The van der Waals surface area contributed by atoms with Crippen LogP contribution in [0.2, 0.25) is 0 Å². The molecule has 1 heterocycles. The summed E-state index contributed by atoms with van der Waals surface area (Å²) >= 11 is 3.47. The van der Waals surface area contributed by atoms with Gasteiger partial charge in [-0.1, -0.05) is 28.1 Å². The zero-order valence-electron chi connectivity index (χ0n) is 11.6. The largest absolute Gasteiger partial charge is 0.497 e. The number of carbonyl (C=O) groups excluding carboxylic acids is 1. The van der Waals surface area contributed by atoms with Gasteiger partial charge in [0.05, 0.1) is 17.5 Å². The molecule has 19 heavy (non-hydrogen) atoms. The Morgan fingerprint density at radius 3 is 2.53 bits per heavy atom. The van der Waals surface area contributed by atoms with Gasteiger partial charge in [-0.05, 0) is 44.4 Å². The first-order valence-electron chi connectivity index (χ1n) is 6.57. The molecule has 2 rings (SSSR count). The highest BCUT2D eigenvalue weighted by Crippen LogP contribution is 2.35. The van der Waals surface area contributed by atoms with Crippen molar-refractivity contribution in [2.75, 3.05) is 13.7 Å². The van der Waals surface area contributed by atoms with E-state index in [1.54, 1.807) is 7.11 Å². The maximum absolute atomic E-state index is 12.4. The summed E-state index contributed by atoms with van der Waals surface area (Å²) < 4.78 is 4.67. The summed E-state index contributed by atoms with van der Waals surface area (Å²) in [6.45, 7) is 4.64. The molecule has 0 saturated carbocycles. The average Bonchev–Trinajstić information content (AvgIpc) is 2.85. The van der Waals surface area contributed by atoms with Gasteiger partial charge in [0.2, 0.25) is 5.91 Å². The van der Waals surface area contributed by atoms with Gasteiger partial charge in [0.25, 0.3) is 0 Å². The van der Waals surface area contributed by atoms with Crippen molar-refractivity contribution < 1.29 is 9.53 Å². The van der Waals surface area contributed by atoms with Crippen molar-refractivity contribution in [3.8, 4) is 5.75 Å². The quantitative estimate of drug-likeness (QED) is 0.795. The SMILES string of the molecule is COc1ccc(C2CCCN2C(=O)C(C)(C)Br)cc1. The van der Waals surface area contributed by atoms with E-state index in [2.05, 4.69) is 28.1 Å². The van der Waals surface area contributed by atoms with Crippen LogP contribution in [0.25, 0.3) is 0 Å². The molecule has 1 unspecified atom stereocenters. The fourth-order valence-corrected chi connectivity index (χ4v) is 2.75. The molecule has 0 spiro atoms. The Hall–Kier alpha value is -1.03. The summed E-state index contributed by atoms with van der Waals surface area (Å²) in [7, 11) is 1.66. The van der Waals surface area contributed by atoms with E-state index in [1.807, 2.05) is 30.9 Å². The van der Waals surface area contributed by atoms with Crippen LogP contribution in [-0.4, -0.2) is 28.8 Å². The van der Waals surface area contributed by atoms with Gasteiger partial charge in [0.1, 0.15) is 5.75 Å². The molecular formula is C15H20BrNO2. The number of alkyl halides is 1. The second-order valence-electron chi connectivity index (χ2n) is 5.40. The molecular weight excluding hydrogens is 306 g/mol. The highest BCUT2D eigenvalue weighted by molar-refractivity contribution is 9.10. The molecule has 1 amide bonds. The second-order valence-corrected chi connectivity index (χ2v) is 7.38. The van der Waals surface area contributed by atoms with E-state index >= 15 is 0 Å². The molecule has 0 N–H and O–H groups in total. The third-order valence-corrected chi connectivity index (χ3v) is 3.86. The zero-order valence-corrected chi connectivity index (χ0v) is 13.2. The fraction of sp³-hybridized carbons (Fsp3) is 0.533. The van der Waals surface area contributed by atoms with Crippen LogP contribution < -0.4 is 4.74 Å². The lowest BCUT2D eigenvalue weighted by molar-refractivity contribution is -0.133. The van der Waals surface area contributed by atoms with E-state index in [1.165, 1.54) is 5.56 Å². The van der Waals surface area contributed by atoms with Crippen molar-refractivity contribution in [2.45, 2.75) is 37.1 Å². The van der Waals surface area contributed by atoms with Crippen LogP contribution in [0, 0.1) is 0 Å². The van der Waals surface area contributed by atoms with Gasteiger partial charge in [0.15, 0.2) is 0 Å². The number of carbonyl (C=O) groups is 1. The Bertz CT molecular complexity index is 450. The first kappa shape index (κ1) is 14.4. The minimum Gasteiger partial charge on any atom is -0.497 e. The lowest BCUT2D eigenvalue weighted by Crippen LogP contribution is -2.41. The summed E-state index contributed by atoms with van der Waals surface area (Å²) in [4.78, 5) is 14.4. The number of amides is 1. The molecule has 1 aliphatic rings. The van der Waals surface area contributed by atoms with Gasteiger partial charge in [-0.25, -0.2) is 0 Å². The molecule has 1 aromatic carbocycles. The van der Waals surface area contributed by atoms with Gasteiger partial charge in [-0.3, -0.25) is 4.79 Å². The smallest absolute Gasteiger partial charge is 0.239 e.